The van der Waals surface area contributed by atoms with Crippen LogP contribution in [-0.2, 0) is 4.79 Å². The number of aliphatic carboxylic acids is 1. The number of nitrogens with one attached hydrogen (secondary N) is 1. The Labute approximate surface area is 129 Å². The van der Waals surface area contributed by atoms with Crippen molar-refractivity contribution in [3.8, 4) is 0 Å². The highest BCUT2D eigenvalue weighted by Crippen LogP contribution is 2.27. The van der Waals surface area contributed by atoms with Crippen molar-refractivity contribution >= 4 is 23.3 Å². The average molecular weight is 310 g/mol. The van der Waals surface area contributed by atoms with Crippen molar-refractivity contribution in [2.24, 2.45) is 11.8 Å². The van der Waals surface area contributed by atoms with Gasteiger partial charge in [-0.05, 0) is 17.9 Å². The summed E-state index contributed by atoms with van der Waals surface area (Å²) in [6.45, 7) is 4.86. The topological polar surface area (TPSA) is 69.6 Å². The predicted octanol–water partition coefficient (Wildman–Crippen LogP) is 2.95. The summed E-state index contributed by atoms with van der Waals surface area (Å²) in [5.41, 5.74) is 0. The quantitative estimate of drug-likeness (QED) is 0.848. The number of nitrogens with zero attached hydrogens (tertiary/aromatic N) is 1. The van der Waals surface area contributed by atoms with E-state index < -0.39 is 11.9 Å². The van der Waals surface area contributed by atoms with Crippen LogP contribution >= 0.6 is 11.3 Å². The predicted molar refractivity (Wildman–Crippen MR) is 82.4 cm³/mol. The Bertz CT molecular complexity index is 483. The van der Waals surface area contributed by atoms with Crippen LogP contribution in [0.2, 0.25) is 0 Å². The molecule has 1 saturated heterocycles. The van der Waals surface area contributed by atoms with Gasteiger partial charge in [0.2, 0.25) is 0 Å². The molecule has 0 radical (unpaired) electrons. The van der Waals surface area contributed by atoms with E-state index in [0.29, 0.717) is 13.1 Å². The zero-order chi connectivity index (χ0) is 15.4. The number of carboxylic acid groups (broad SMARTS) is 1. The molecule has 0 bridgehead atoms. The fraction of sp³-hybridized carbons (Fsp3) is 0.600. The maximum Gasteiger partial charge on any atom is 0.317 e. The molecule has 0 aliphatic carbocycles. The van der Waals surface area contributed by atoms with Crippen molar-refractivity contribution in [1.82, 2.24) is 10.2 Å². The van der Waals surface area contributed by atoms with Gasteiger partial charge in [-0.3, -0.25) is 4.79 Å². The van der Waals surface area contributed by atoms with E-state index >= 15 is 0 Å². The second-order valence-corrected chi connectivity index (χ2v) is 6.58. The molecular formula is C15H22N2O3S. The molecule has 1 aliphatic heterocycles. The van der Waals surface area contributed by atoms with E-state index in [1.165, 1.54) is 4.88 Å². The first-order chi connectivity index (χ1) is 10.0. The van der Waals surface area contributed by atoms with Crippen LogP contribution in [0.3, 0.4) is 0 Å². The molecule has 2 heterocycles. The SMILES string of the molecule is CCCC(NC(=O)N1CC(C(C)C(=O)O)C1)c1cccs1. The largest absolute Gasteiger partial charge is 0.481 e. The van der Waals surface area contributed by atoms with E-state index in [0.717, 1.165) is 12.8 Å². The van der Waals surface area contributed by atoms with E-state index in [2.05, 4.69) is 12.2 Å². The molecule has 2 atom stereocenters. The van der Waals surface area contributed by atoms with Crippen LogP contribution in [0.1, 0.15) is 37.6 Å². The van der Waals surface area contributed by atoms with Crippen LogP contribution < -0.4 is 5.32 Å². The lowest BCUT2D eigenvalue weighted by Gasteiger charge is -2.41. The van der Waals surface area contributed by atoms with Gasteiger partial charge in [0.1, 0.15) is 0 Å². The first-order valence-electron chi connectivity index (χ1n) is 7.34. The standard InChI is InChI=1S/C15H22N2O3S/c1-3-5-12(13-6-4-7-21-13)16-15(20)17-8-11(9-17)10(2)14(18)19/h4,6-7,10-12H,3,5,8-9H2,1-2H3,(H,16,20)(H,18,19). The summed E-state index contributed by atoms with van der Waals surface area (Å²) in [6, 6.07) is 3.99. The van der Waals surface area contributed by atoms with Crippen molar-refractivity contribution in [3.63, 3.8) is 0 Å². The number of urea groups is 1. The second-order valence-electron chi connectivity index (χ2n) is 5.60. The van der Waals surface area contributed by atoms with E-state index in [9.17, 15) is 9.59 Å². The minimum absolute atomic E-state index is 0.0541. The third kappa shape index (κ3) is 3.75. The van der Waals surface area contributed by atoms with E-state index in [1.54, 1.807) is 23.2 Å². The van der Waals surface area contributed by atoms with Crippen molar-refractivity contribution in [1.29, 1.82) is 0 Å². The molecule has 1 fully saturated rings. The van der Waals surface area contributed by atoms with Crippen molar-refractivity contribution in [2.45, 2.75) is 32.7 Å². The molecule has 0 saturated carbocycles. The molecule has 1 aliphatic rings. The zero-order valence-electron chi connectivity index (χ0n) is 12.4. The van der Waals surface area contributed by atoms with Crippen LogP contribution in [0, 0.1) is 11.8 Å². The fourth-order valence-electron chi connectivity index (χ4n) is 2.50. The van der Waals surface area contributed by atoms with Gasteiger partial charge in [0.05, 0.1) is 12.0 Å². The van der Waals surface area contributed by atoms with Crippen molar-refractivity contribution in [3.05, 3.63) is 22.4 Å². The molecule has 5 nitrogen and oxygen atoms in total. The Kier molecular flexibility index (Phi) is 5.22. The summed E-state index contributed by atoms with van der Waals surface area (Å²) in [4.78, 5) is 26.0. The van der Waals surface area contributed by atoms with Crippen LogP contribution in [0.4, 0.5) is 4.79 Å². The summed E-state index contributed by atoms with van der Waals surface area (Å²) < 4.78 is 0. The van der Waals surface area contributed by atoms with E-state index in [4.69, 9.17) is 5.11 Å². The normalized spacial score (nSPS) is 17.9. The molecule has 21 heavy (non-hydrogen) atoms. The fourth-order valence-corrected chi connectivity index (χ4v) is 3.31. The summed E-state index contributed by atoms with van der Waals surface area (Å²) >= 11 is 1.65. The Morgan fingerprint density at radius 1 is 1.52 bits per heavy atom. The van der Waals surface area contributed by atoms with Crippen molar-refractivity contribution in [2.75, 3.05) is 13.1 Å². The molecule has 2 rings (SSSR count). The molecule has 0 aromatic carbocycles. The van der Waals surface area contributed by atoms with Crippen molar-refractivity contribution < 1.29 is 14.7 Å². The molecule has 1 aromatic rings. The lowest BCUT2D eigenvalue weighted by Crippen LogP contribution is -2.56. The first kappa shape index (κ1) is 15.8. The van der Waals surface area contributed by atoms with Gasteiger partial charge < -0.3 is 15.3 Å². The minimum Gasteiger partial charge on any atom is -0.481 e. The number of hydrogen-bond donors (Lipinski definition) is 2. The Morgan fingerprint density at radius 2 is 2.24 bits per heavy atom. The summed E-state index contributed by atoms with van der Waals surface area (Å²) in [6.07, 6.45) is 1.91. The van der Waals surface area contributed by atoms with Gasteiger partial charge in [-0.1, -0.05) is 26.3 Å². The Balaban J connectivity index is 1.86. The monoisotopic (exact) mass is 310 g/mol. The number of carbonyl (C=O) groups excluding carboxylic acids is 1. The maximum absolute atomic E-state index is 12.2. The van der Waals surface area contributed by atoms with Gasteiger partial charge in [0.25, 0.3) is 0 Å². The molecule has 116 valence electrons. The van der Waals surface area contributed by atoms with E-state index in [-0.39, 0.29) is 18.0 Å². The number of rotatable bonds is 6. The van der Waals surface area contributed by atoms with Gasteiger partial charge >= 0.3 is 12.0 Å². The average Bonchev–Trinajstić information content (AvgIpc) is 2.89. The van der Waals surface area contributed by atoms with E-state index in [1.807, 2.05) is 17.5 Å². The van der Waals surface area contributed by atoms with Gasteiger partial charge in [-0.15, -0.1) is 11.3 Å². The minimum atomic E-state index is -0.789. The number of likely N-dealkylation sites (tertiary alicyclic amines) is 1. The number of amides is 2. The number of carbonyl (C=O) groups is 2. The number of hydrogen-bond acceptors (Lipinski definition) is 3. The third-order valence-corrected chi connectivity index (χ3v) is 5.04. The molecule has 1 aromatic heterocycles. The number of carboxylic acids is 1. The van der Waals surface area contributed by atoms with Crippen LogP contribution in [0.15, 0.2) is 17.5 Å². The zero-order valence-corrected chi connectivity index (χ0v) is 13.2. The second kappa shape index (κ2) is 6.93. The molecule has 0 spiro atoms. The molecular weight excluding hydrogens is 288 g/mol. The van der Waals surface area contributed by atoms with Crippen LogP contribution in [0.25, 0.3) is 0 Å². The Hall–Kier alpha value is -1.56. The molecule has 2 amide bonds. The highest BCUT2D eigenvalue weighted by atomic mass is 32.1. The highest BCUT2D eigenvalue weighted by molar-refractivity contribution is 7.10. The first-order valence-corrected chi connectivity index (χ1v) is 8.22. The lowest BCUT2D eigenvalue weighted by atomic mass is 9.87. The smallest absolute Gasteiger partial charge is 0.317 e. The summed E-state index contributed by atoms with van der Waals surface area (Å²) in [5, 5.41) is 14.0. The maximum atomic E-state index is 12.2. The Morgan fingerprint density at radius 3 is 2.76 bits per heavy atom. The van der Waals surface area contributed by atoms with Crippen LogP contribution in [0.5, 0.6) is 0 Å². The van der Waals surface area contributed by atoms with Crippen LogP contribution in [-0.4, -0.2) is 35.1 Å². The van der Waals surface area contributed by atoms with Gasteiger partial charge in [0, 0.05) is 23.9 Å². The van der Waals surface area contributed by atoms with Gasteiger partial charge in [-0.2, -0.15) is 0 Å². The molecule has 2 N–H and O–H groups in total. The van der Waals surface area contributed by atoms with Gasteiger partial charge in [-0.25, -0.2) is 4.79 Å². The summed E-state index contributed by atoms with van der Waals surface area (Å²) in [7, 11) is 0. The lowest BCUT2D eigenvalue weighted by molar-refractivity contribution is -0.144. The molecule has 6 heteroatoms. The highest BCUT2D eigenvalue weighted by Gasteiger charge is 2.37. The van der Waals surface area contributed by atoms with Gasteiger partial charge in [0.15, 0.2) is 0 Å². The third-order valence-electron chi connectivity index (χ3n) is 4.06. The number of thiophene rings is 1. The summed E-state index contributed by atoms with van der Waals surface area (Å²) in [5.74, 6) is -1.11. The molecule has 2 unspecified atom stereocenters.